The third-order valence-corrected chi connectivity index (χ3v) is 3.37. The number of nitriles is 1. The third-order valence-electron chi connectivity index (χ3n) is 3.37. The standard InChI is InChI=1S/C16H18N2O/c1-2-5-12-8-14(10-15(19)9-12)18-16-7-4-3-6-13(16)11-17/h3-4,6-7,10,12,18H,2,5,8-9H2,1H3/t12-/m0/s1. The van der Waals surface area contributed by atoms with Crippen molar-refractivity contribution in [3.63, 3.8) is 0 Å². The summed E-state index contributed by atoms with van der Waals surface area (Å²) in [6.45, 7) is 2.14. The molecule has 0 bridgehead atoms. The van der Waals surface area contributed by atoms with Crippen LogP contribution in [0.25, 0.3) is 0 Å². The molecule has 98 valence electrons. The summed E-state index contributed by atoms with van der Waals surface area (Å²) < 4.78 is 0. The first-order chi connectivity index (χ1) is 9.22. The molecule has 0 radical (unpaired) electrons. The fraction of sp³-hybridized carbons (Fsp3) is 0.375. The zero-order valence-electron chi connectivity index (χ0n) is 11.1. The van der Waals surface area contributed by atoms with E-state index < -0.39 is 0 Å². The van der Waals surface area contributed by atoms with Crippen molar-refractivity contribution in [3.8, 4) is 6.07 Å². The van der Waals surface area contributed by atoms with Crippen molar-refractivity contribution in [2.24, 2.45) is 5.92 Å². The fourth-order valence-corrected chi connectivity index (χ4v) is 2.54. The van der Waals surface area contributed by atoms with Crippen molar-refractivity contribution in [3.05, 3.63) is 41.6 Å². The predicted molar refractivity (Wildman–Crippen MR) is 75.5 cm³/mol. The number of para-hydroxylation sites is 1. The van der Waals surface area contributed by atoms with E-state index in [1.165, 1.54) is 0 Å². The number of benzene rings is 1. The number of ketones is 1. The molecular weight excluding hydrogens is 236 g/mol. The Labute approximate surface area is 113 Å². The predicted octanol–water partition coefficient (Wildman–Crippen LogP) is 3.63. The number of anilines is 1. The van der Waals surface area contributed by atoms with Crippen LogP contribution in [-0.2, 0) is 4.79 Å². The number of rotatable bonds is 4. The zero-order chi connectivity index (χ0) is 13.7. The molecule has 0 saturated carbocycles. The van der Waals surface area contributed by atoms with Gasteiger partial charge in [0.15, 0.2) is 5.78 Å². The number of nitrogens with zero attached hydrogens (tertiary/aromatic N) is 1. The SMILES string of the molecule is CCC[C@@H]1CC(=O)C=C(Nc2ccccc2C#N)C1. The van der Waals surface area contributed by atoms with Crippen molar-refractivity contribution in [1.29, 1.82) is 5.26 Å². The van der Waals surface area contributed by atoms with Crippen LogP contribution in [0.2, 0.25) is 0 Å². The molecule has 0 aliphatic heterocycles. The quantitative estimate of drug-likeness (QED) is 0.892. The van der Waals surface area contributed by atoms with Crippen LogP contribution in [0.5, 0.6) is 0 Å². The minimum Gasteiger partial charge on any atom is -0.358 e. The minimum atomic E-state index is 0.182. The van der Waals surface area contributed by atoms with Crippen LogP contribution in [0.15, 0.2) is 36.0 Å². The highest BCUT2D eigenvalue weighted by molar-refractivity contribution is 5.92. The Hall–Kier alpha value is -2.08. The van der Waals surface area contributed by atoms with Crippen molar-refractivity contribution in [2.75, 3.05) is 5.32 Å². The van der Waals surface area contributed by atoms with Gasteiger partial charge >= 0.3 is 0 Å². The molecule has 0 spiro atoms. The summed E-state index contributed by atoms with van der Waals surface area (Å²) in [5, 5.41) is 12.3. The topological polar surface area (TPSA) is 52.9 Å². The molecule has 0 amide bonds. The summed E-state index contributed by atoms with van der Waals surface area (Å²) in [6.07, 6.45) is 5.39. The maximum atomic E-state index is 11.7. The maximum Gasteiger partial charge on any atom is 0.157 e. The van der Waals surface area contributed by atoms with Gasteiger partial charge in [0, 0.05) is 18.2 Å². The lowest BCUT2D eigenvalue weighted by atomic mass is 9.88. The lowest BCUT2D eigenvalue weighted by Gasteiger charge is -2.22. The van der Waals surface area contributed by atoms with E-state index in [2.05, 4.69) is 18.3 Å². The van der Waals surface area contributed by atoms with Gasteiger partial charge in [0.2, 0.25) is 0 Å². The summed E-state index contributed by atoms with van der Waals surface area (Å²) in [4.78, 5) is 11.7. The van der Waals surface area contributed by atoms with Gasteiger partial charge in [-0.25, -0.2) is 0 Å². The molecule has 1 N–H and O–H groups in total. The number of hydrogen-bond acceptors (Lipinski definition) is 3. The number of hydrogen-bond donors (Lipinski definition) is 1. The second kappa shape index (κ2) is 6.19. The van der Waals surface area contributed by atoms with Crippen molar-refractivity contribution in [2.45, 2.75) is 32.6 Å². The maximum absolute atomic E-state index is 11.7. The highest BCUT2D eigenvalue weighted by atomic mass is 16.1. The molecule has 1 aliphatic rings. The van der Waals surface area contributed by atoms with Crippen molar-refractivity contribution >= 4 is 11.5 Å². The molecule has 1 aromatic carbocycles. The van der Waals surface area contributed by atoms with Crippen molar-refractivity contribution in [1.82, 2.24) is 0 Å². The molecule has 1 aliphatic carbocycles. The third kappa shape index (κ3) is 3.45. The largest absolute Gasteiger partial charge is 0.358 e. The molecule has 0 saturated heterocycles. The van der Waals surface area contributed by atoms with E-state index in [1.54, 1.807) is 12.1 Å². The second-order valence-corrected chi connectivity index (χ2v) is 4.98. The van der Waals surface area contributed by atoms with E-state index in [0.717, 1.165) is 30.6 Å². The molecule has 3 heteroatoms. The first-order valence-corrected chi connectivity index (χ1v) is 6.72. The fourth-order valence-electron chi connectivity index (χ4n) is 2.54. The molecule has 0 fully saturated rings. The Morgan fingerprint density at radius 2 is 2.16 bits per heavy atom. The van der Waals surface area contributed by atoms with Gasteiger partial charge in [-0.2, -0.15) is 5.26 Å². The molecule has 0 aromatic heterocycles. The summed E-state index contributed by atoms with van der Waals surface area (Å²) in [5.41, 5.74) is 2.31. The Morgan fingerprint density at radius 1 is 1.37 bits per heavy atom. The van der Waals surface area contributed by atoms with Crippen LogP contribution in [0, 0.1) is 17.2 Å². The molecular formula is C16H18N2O. The zero-order valence-corrected chi connectivity index (χ0v) is 11.1. The van der Waals surface area contributed by atoms with Gasteiger partial charge in [-0.3, -0.25) is 4.79 Å². The lowest BCUT2D eigenvalue weighted by Crippen LogP contribution is -2.18. The summed E-state index contributed by atoms with van der Waals surface area (Å²) in [7, 11) is 0. The molecule has 1 aromatic rings. The van der Waals surface area contributed by atoms with E-state index in [1.807, 2.05) is 18.2 Å². The molecule has 3 nitrogen and oxygen atoms in total. The smallest absolute Gasteiger partial charge is 0.157 e. The van der Waals surface area contributed by atoms with Crippen LogP contribution < -0.4 is 5.32 Å². The van der Waals surface area contributed by atoms with Gasteiger partial charge in [-0.05, 0) is 30.9 Å². The number of carbonyl (C=O) groups excluding carboxylic acids is 1. The summed E-state index contributed by atoms with van der Waals surface area (Å²) in [5.74, 6) is 0.612. The average molecular weight is 254 g/mol. The highest BCUT2D eigenvalue weighted by Crippen LogP contribution is 2.27. The first-order valence-electron chi connectivity index (χ1n) is 6.72. The van der Waals surface area contributed by atoms with E-state index in [-0.39, 0.29) is 5.78 Å². The Bertz CT molecular complexity index is 540. The van der Waals surface area contributed by atoms with Crippen LogP contribution in [0.4, 0.5) is 5.69 Å². The Kier molecular flexibility index (Phi) is 4.35. The average Bonchev–Trinajstić information content (AvgIpc) is 2.39. The minimum absolute atomic E-state index is 0.182. The molecule has 0 heterocycles. The van der Waals surface area contributed by atoms with Crippen LogP contribution >= 0.6 is 0 Å². The van der Waals surface area contributed by atoms with Crippen molar-refractivity contribution < 1.29 is 4.79 Å². The van der Waals surface area contributed by atoms with Gasteiger partial charge in [0.1, 0.15) is 6.07 Å². The van der Waals surface area contributed by atoms with Crippen LogP contribution in [0.3, 0.4) is 0 Å². The molecule has 0 unspecified atom stereocenters. The number of allylic oxidation sites excluding steroid dienone is 2. The van der Waals surface area contributed by atoms with Gasteiger partial charge in [0.25, 0.3) is 0 Å². The van der Waals surface area contributed by atoms with E-state index >= 15 is 0 Å². The number of nitrogens with one attached hydrogen (secondary N) is 1. The highest BCUT2D eigenvalue weighted by Gasteiger charge is 2.20. The Balaban J connectivity index is 2.14. The van der Waals surface area contributed by atoms with Gasteiger partial charge in [-0.1, -0.05) is 25.5 Å². The summed E-state index contributed by atoms with van der Waals surface area (Å²) in [6, 6.07) is 9.53. The lowest BCUT2D eigenvalue weighted by molar-refractivity contribution is -0.116. The van der Waals surface area contributed by atoms with Crippen LogP contribution in [-0.4, -0.2) is 5.78 Å². The van der Waals surface area contributed by atoms with E-state index in [0.29, 0.717) is 17.9 Å². The molecule has 1 atom stereocenters. The van der Waals surface area contributed by atoms with Crippen LogP contribution in [0.1, 0.15) is 38.2 Å². The first kappa shape index (κ1) is 13.4. The monoisotopic (exact) mass is 254 g/mol. The van der Waals surface area contributed by atoms with E-state index in [9.17, 15) is 4.79 Å². The Morgan fingerprint density at radius 3 is 2.89 bits per heavy atom. The van der Waals surface area contributed by atoms with Gasteiger partial charge in [0.05, 0.1) is 11.3 Å². The van der Waals surface area contributed by atoms with E-state index in [4.69, 9.17) is 5.26 Å². The second-order valence-electron chi connectivity index (χ2n) is 4.98. The number of carbonyl (C=O) groups is 1. The van der Waals surface area contributed by atoms with Gasteiger partial charge < -0.3 is 5.32 Å². The normalized spacial score (nSPS) is 18.6. The molecule has 19 heavy (non-hydrogen) atoms. The molecule has 2 rings (SSSR count). The summed E-state index contributed by atoms with van der Waals surface area (Å²) >= 11 is 0. The van der Waals surface area contributed by atoms with Gasteiger partial charge in [-0.15, -0.1) is 0 Å².